The molecular formula is C19H30O3. The molecule has 0 saturated heterocycles. The van der Waals surface area contributed by atoms with E-state index in [2.05, 4.69) is 46.8 Å². The van der Waals surface area contributed by atoms with Crippen LogP contribution in [-0.2, 0) is 10.2 Å². The van der Waals surface area contributed by atoms with Crippen LogP contribution in [-0.4, -0.2) is 17.7 Å². The summed E-state index contributed by atoms with van der Waals surface area (Å²) < 4.78 is 5.87. The van der Waals surface area contributed by atoms with Gasteiger partial charge in [-0.2, -0.15) is 0 Å². The van der Waals surface area contributed by atoms with Crippen molar-refractivity contribution >= 4 is 5.97 Å². The van der Waals surface area contributed by atoms with E-state index in [9.17, 15) is 9.90 Å². The zero-order chi connectivity index (χ0) is 16.8. The molecule has 0 aromatic heterocycles. The molecule has 0 heterocycles. The maximum atomic E-state index is 11.2. The monoisotopic (exact) mass is 306 g/mol. The molecule has 1 aromatic rings. The average Bonchev–Trinajstić information content (AvgIpc) is 2.43. The maximum Gasteiger partial charge on any atom is 0.303 e. The van der Waals surface area contributed by atoms with Gasteiger partial charge >= 0.3 is 5.97 Å². The van der Waals surface area contributed by atoms with Crippen molar-refractivity contribution < 1.29 is 14.6 Å². The van der Waals surface area contributed by atoms with E-state index >= 15 is 0 Å². The van der Waals surface area contributed by atoms with Gasteiger partial charge in [0.25, 0.3) is 0 Å². The third-order valence-corrected chi connectivity index (χ3v) is 3.84. The molecule has 0 radical (unpaired) electrons. The lowest BCUT2D eigenvalue weighted by molar-refractivity contribution is -0.137. The van der Waals surface area contributed by atoms with Crippen LogP contribution in [0.15, 0.2) is 18.2 Å². The molecule has 124 valence electrons. The van der Waals surface area contributed by atoms with Crippen LogP contribution in [0.25, 0.3) is 0 Å². The van der Waals surface area contributed by atoms with Gasteiger partial charge in [-0.1, -0.05) is 53.2 Å². The average molecular weight is 306 g/mol. The lowest BCUT2D eigenvalue weighted by atomic mass is 9.82. The number of rotatable bonds is 8. The highest BCUT2D eigenvalue weighted by Gasteiger charge is 2.22. The number of carboxylic acid groups (broad SMARTS) is 1. The number of hydrogen-bond donors (Lipinski definition) is 1. The zero-order valence-corrected chi connectivity index (χ0v) is 14.6. The SMILES string of the molecule is CCCOc1ccc(C(C)(C)C)cc1C(CCC)CC(=O)O. The summed E-state index contributed by atoms with van der Waals surface area (Å²) in [6, 6.07) is 6.25. The van der Waals surface area contributed by atoms with Crippen molar-refractivity contribution in [2.45, 2.75) is 71.6 Å². The van der Waals surface area contributed by atoms with Crippen molar-refractivity contribution in [3.8, 4) is 5.75 Å². The summed E-state index contributed by atoms with van der Waals surface area (Å²) in [4.78, 5) is 11.2. The number of carboxylic acids is 1. The number of benzene rings is 1. The topological polar surface area (TPSA) is 46.5 Å². The van der Waals surface area contributed by atoms with Crippen LogP contribution >= 0.6 is 0 Å². The Morgan fingerprint density at radius 1 is 1.23 bits per heavy atom. The molecule has 3 heteroatoms. The van der Waals surface area contributed by atoms with E-state index in [0.29, 0.717) is 6.61 Å². The fourth-order valence-electron chi connectivity index (χ4n) is 2.60. The van der Waals surface area contributed by atoms with E-state index in [1.54, 1.807) is 0 Å². The Bertz CT molecular complexity index is 486. The fraction of sp³-hybridized carbons (Fsp3) is 0.632. The van der Waals surface area contributed by atoms with Gasteiger partial charge in [0.2, 0.25) is 0 Å². The van der Waals surface area contributed by atoms with E-state index in [1.165, 1.54) is 5.56 Å². The van der Waals surface area contributed by atoms with Gasteiger partial charge in [-0.3, -0.25) is 4.79 Å². The Morgan fingerprint density at radius 2 is 1.91 bits per heavy atom. The highest BCUT2D eigenvalue weighted by molar-refractivity contribution is 5.68. The van der Waals surface area contributed by atoms with Gasteiger partial charge in [-0.15, -0.1) is 0 Å². The van der Waals surface area contributed by atoms with E-state index < -0.39 is 5.97 Å². The first-order chi connectivity index (χ1) is 10.3. The van der Waals surface area contributed by atoms with Gasteiger partial charge in [-0.25, -0.2) is 0 Å². The van der Waals surface area contributed by atoms with E-state index in [-0.39, 0.29) is 17.8 Å². The molecule has 1 atom stereocenters. The second-order valence-electron chi connectivity index (χ2n) is 6.93. The Kier molecular flexibility index (Phi) is 6.92. The van der Waals surface area contributed by atoms with Crippen LogP contribution in [0.1, 0.15) is 77.3 Å². The van der Waals surface area contributed by atoms with Crippen LogP contribution in [0.3, 0.4) is 0 Å². The predicted octanol–water partition coefficient (Wildman–Crippen LogP) is 5.13. The Morgan fingerprint density at radius 3 is 2.41 bits per heavy atom. The summed E-state index contributed by atoms with van der Waals surface area (Å²) in [6.07, 6.45) is 2.93. The van der Waals surface area contributed by atoms with Gasteiger partial charge in [0.05, 0.1) is 13.0 Å². The van der Waals surface area contributed by atoms with Gasteiger partial charge in [-0.05, 0) is 41.4 Å². The summed E-state index contributed by atoms with van der Waals surface area (Å²) in [5.74, 6) is 0.104. The summed E-state index contributed by atoms with van der Waals surface area (Å²) >= 11 is 0. The van der Waals surface area contributed by atoms with Crippen molar-refractivity contribution in [3.63, 3.8) is 0 Å². The van der Waals surface area contributed by atoms with Gasteiger partial charge in [0.1, 0.15) is 5.75 Å². The third-order valence-electron chi connectivity index (χ3n) is 3.84. The largest absolute Gasteiger partial charge is 0.493 e. The van der Waals surface area contributed by atoms with Crippen molar-refractivity contribution in [3.05, 3.63) is 29.3 Å². The summed E-state index contributed by atoms with van der Waals surface area (Å²) in [5.41, 5.74) is 2.31. The molecule has 0 fully saturated rings. The van der Waals surface area contributed by atoms with Crippen LogP contribution < -0.4 is 4.74 Å². The van der Waals surface area contributed by atoms with Gasteiger partial charge in [0.15, 0.2) is 0 Å². The molecule has 1 N–H and O–H groups in total. The fourth-order valence-corrected chi connectivity index (χ4v) is 2.60. The minimum absolute atomic E-state index is 0.0108. The second kappa shape index (κ2) is 8.21. The van der Waals surface area contributed by atoms with E-state index in [4.69, 9.17) is 4.74 Å². The van der Waals surface area contributed by atoms with Crippen molar-refractivity contribution in [2.24, 2.45) is 0 Å². The molecule has 22 heavy (non-hydrogen) atoms. The smallest absolute Gasteiger partial charge is 0.303 e. The third kappa shape index (κ3) is 5.36. The van der Waals surface area contributed by atoms with Crippen LogP contribution in [0.4, 0.5) is 0 Å². The van der Waals surface area contributed by atoms with E-state index in [1.807, 2.05) is 6.07 Å². The molecule has 3 nitrogen and oxygen atoms in total. The Labute approximate surface area is 134 Å². The zero-order valence-electron chi connectivity index (χ0n) is 14.6. The first-order valence-corrected chi connectivity index (χ1v) is 8.28. The van der Waals surface area contributed by atoms with Gasteiger partial charge in [0, 0.05) is 0 Å². The quantitative estimate of drug-likeness (QED) is 0.724. The summed E-state index contributed by atoms with van der Waals surface area (Å²) in [7, 11) is 0. The number of ether oxygens (including phenoxy) is 1. The van der Waals surface area contributed by atoms with Gasteiger partial charge < -0.3 is 9.84 Å². The molecule has 0 aliphatic heterocycles. The van der Waals surface area contributed by atoms with Crippen molar-refractivity contribution in [1.82, 2.24) is 0 Å². The molecule has 0 bridgehead atoms. The molecule has 0 spiro atoms. The predicted molar refractivity (Wildman–Crippen MR) is 90.8 cm³/mol. The molecule has 0 amide bonds. The normalized spacial score (nSPS) is 13.0. The minimum atomic E-state index is -0.749. The number of carbonyl (C=O) groups is 1. The molecule has 0 aliphatic rings. The minimum Gasteiger partial charge on any atom is -0.493 e. The molecule has 0 aliphatic carbocycles. The first kappa shape index (κ1) is 18.5. The van der Waals surface area contributed by atoms with Crippen molar-refractivity contribution in [2.75, 3.05) is 6.61 Å². The molecule has 1 aromatic carbocycles. The second-order valence-corrected chi connectivity index (χ2v) is 6.93. The van der Waals surface area contributed by atoms with Crippen LogP contribution in [0.2, 0.25) is 0 Å². The standard InChI is InChI=1S/C19H30O3/c1-6-8-14(12-18(20)21)16-13-15(19(3,4)5)9-10-17(16)22-11-7-2/h9-10,13-14H,6-8,11-12H2,1-5H3,(H,20,21). The first-order valence-electron chi connectivity index (χ1n) is 8.28. The number of hydrogen-bond acceptors (Lipinski definition) is 2. The lowest BCUT2D eigenvalue weighted by Crippen LogP contribution is -2.14. The van der Waals surface area contributed by atoms with Crippen LogP contribution in [0.5, 0.6) is 5.75 Å². The molecule has 0 saturated carbocycles. The Balaban J connectivity index is 3.25. The Hall–Kier alpha value is -1.51. The van der Waals surface area contributed by atoms with Crippen LogP contribution in [0, 0.1) is 0 Å². The highest BCUT2D eigenvalue weighted by Crippen LogP contribution is 2.36. The lowest BCUT2D eigenvalue weighted by Gasteiger charge is -2.24. The molecule has 1 rings (SSSR count). The molecular weight excluding hydrogens is 276 g/mol. The number of aliphatic carboxylic acids is 1. The highest BCUT2D eigenvalue weighted by atomic mass is 16.5. The summed E-state index contributed by atoms with van der Waals surface area (Å²) in [6.45, 7) is 11.3. The van der Waals surface area contributed by atoms with E-state index in [0.717, 1.165) is 30.6 Å². The maximum absolute atomic E-state index is 11.2. The molecule has 1 unspecified atom stereocenters. The summed E-state index contributed by atoms with van der Waals surface area (Å²) in [5, 5.41) is 9.23. The van der Waals surface area contributed by atoms with Crippen molar-refractivity contribution in [1.29, 1.82) is 0 Å².